The maximum Gasteiger partial charge on any atom is 0.135 e. The summed E-state index contributed by atoms with van der Waals surface area (Å²) in [5.74, 6) is 1.55. The molecule has 0 N–H and O–H groups in total. The molecule has 1 heterocycles. The molecule has 1 nitrogen and oxygen atoms in total. The summed E-state index contributed by atoms with van der Waals surface area (Å²) in [5.41, 5.74) is 7.22. The van der Waals surface area contributed by atoms with E-state index in [4.69, 9.17) is 4.74 Å². The van der Waals surface area contributed by atoms with Gasteiger partial charge in [-0.05, 0) is 84.1 Å². The normalized spacial score (nSPS) is 13.2. The molecule has 8 aromatic rings. The number of benzene rings is 8. The lowest BCUT2D eigenvalue weighted by Gasteiger charge is -2.24. The van der Waals surface area contributed by atoms with E-state index in [1.54, 1.807) is 24.3 Å². The van der Waals surface area contributed by atoms with Crippen molar-refractivity contribution in [1.82, 2.24) is 0 Å². The lowest BCUT2D eigenvalue weighted by Crippen LogP contribution is -1.98. The molecule has 0 saturated carbocycles. The van der Waals surface area contributed by atoms with Crippen LogP contribution in [0.5, 0.6) is 11.5 Å². The minimum absolute atomic E-state index is 0.269. The van der Waals surface area contributed by atoms with Crippen LogP contribution in [0.3, 0.4) is 0 Å². The lowest BCUT2D eigenvalue weighted by molar-refractivity contribution is 0.487. The quantitative estimate of drug-likeness (QED) is 0.199. The van der Waals surface area contributed by atoms with E-state index in [1.165, 1.54) is 0 Å². The van der Waals surface area contributed by atoms with Crippen molar-refractivity contribution in [2.24, 2.45) is 0 Å². The first-order chi connectivity index (χ1) is 23.0. The van der Waals surface area contributed by atoms with Crippen LogP contribution in [0.4, 0.5) is 0 Å². The van der Waals surface area contributed by atoms with Gasteiger partial charge in [-0.2, -0.15) is 0 Å². The SMILES string of the molecule is [2H]c1ccc([2H])c2c(-c3ccc4c5c(cccc35)Oc3ccccc3-4)c3c([2H])ccc([2H])c3c(-c3cccc(-c4ccccc4)c3)c12. The summed E-state index contributed by atoms with van der Waals surface area (Å²) in [6, 6.07) is 44.2. The monoisotopic (exact) mass is 550 g/mol. The van der Waals surface area contributed by atoms with Crippen LogP contribution in [0.15, 0.2) is 158 Å². The molecule has 0 fully saturated rings. The fourth-order valence-corrected chi connectivity index (χ4v) is 6.67. The molecule has 0 unspecified atom stereocenters. The second kappa shape index (κ2) is 9.44. The Hall–Kier alpha value is -5.66. The van der Waals surface area contributed by atoms with E-state index < -0.39 is 0 Å². The average Bonchev–Trinajstić information content (AvgIpc) is 3.11. The number of hydrogen-bond donors (Lipinski definition) is 0. The Morgan fingerprint density at radius 1 is 0.372 bits per heavy atom. The predicted molar refractivity (Wildman–Crippen MR) is 181 cm³/mol. The molecule has 0 spiro atoms. The van der Waals surface area contributed by atoms with Crippen LogP contribution in [0, 0.1) is 0 Å². The average molecular weight is 551 g/mol. The first-order valence-electron chi connectivity index (χ1n) is 16.4. The van der Waals surface area contributed by atoms with Crippen LogP contribution < -0.4 is 4.74 Å². The van der Waals surface area contributed by atoms with Crippen molar-refractivity contribution < 1.29 is 10.2 Å². The molecule has 9 rings (SSSR count). The van der Waals surface area contributed by atoms with Crippen molar-refractivity contribution >= 4 is 32.3 Å². The Morgan fingerprint density at radius 3 is 1.72 bits per heavy atom. The van der Waals surface area contributed by atoms with E-state index in [0.29, 0.717) is 32.7 Å². The molecule has 0 atom stereocenters. The Bertz CT molecular complexity index is 2520. The number of ether oxygens (including phenoxy) is 1. The molecule has 0 radical (unpaired) electrons. The fraction of sp³-hybridized carbons (Fsp3) is 0. The van der Waals surface area contributed by atoms with Crippen molar-refractivity contribution in [2.45, 2.75) is 0 Å². The number of fused-ring (bicyclic) bond motifs is 4. The van der Waals surface area contributed by atoms with Crippen LogP contribution in [0.2, 0.25) is 0 Å². The molecular weight excluding hydrogens is 520 g/mol. The fourth-order valence-electron chi connectivity index (χ4n) is 6.67. The Balaban J connectivity index is 1.45. The molecule has 0 saturated heterocycles. The zero-order chi connectivity index (χ0) is 31.8. The second-order valence-corrected chi connectivity index (χ2v) is 10.9. The van der Waals surface area contributed by atoms with Crippen LogP contribution in [0.1, 0.15) is 5.48 Å². The highest BCUT2D eigenvalue weighted by Gasteiger charge is 2.23. The van der Waals surface area contributed by atoms with E-state index >= 15 is 0 Å². The molecule has 0 aliphatic carbocycles. The summed E-state index contributed by atoms with van der Waals surface area (Å²) >= 11 is 0. The smallest absolute Gasteiger partial charge is 0.135 e. The van der Waals surface area contributed by atoms with E-state index in [9.17, 15) is 5.48 Å². The number of rotatable bonds is 3. The molecule has 1 aliphatic rings. The summed E-state index contributed by atoms with van der Waals surface area (Å²) in [6.45, 7) is 0. The third-order valence-corrected chi connectivity index (χ3v) is 8.50. The van der Waals surface area contributed by atoms with Gasteiger partial charge in [-0.25, -0.2) is 0 Å². The van der Waals surface area contributed by atoms with Crippen molar-refractivity contribution in [3.63, 3.8) is 0 Å². The minimum atomic E-state index is 0.269. The van der Waals surface area contributed by atoms with Gasteiger partial charge in [0.15, 0.2) is 0 Å². The zero-order valence-corrected chi connectivity index (χ0v) is 23.1. The van der Waals surface area contributed by atoms with Crippen LogP contribution >= 0.6 is 0 Å². The largest absolute Gasteiger partial charge is 0.456 e. The lowest BCUT2D eigenvalue weighted by atomic mass is 9.83. The summed E-state index contributed by atoms with van der Waals surface area (Å²) in [7, 11) is 0. The Kier molecular flexibility index (Phi) is 4.45. The summed E-state index contributed by atoms with van der Waals surface area (Å²) in [4.78, 5) is 0. The van der Waals surface area contributed by atoms with Crippen molar-refractivity contribution in [3.05, 3.63) is 158 Å². The van der Waals surface area contributed by atoms with Crippen LogP contribution in [-0.2, 0) is 0 Å². The molecule has 0 amide bonds. The van der Waals surface area contributed by atoms with Gasteiger partial charge in [0.2, 0.25) is 0 Å². The third-order valence-electron chi connectivity index (χ3n) is 8.50. The van der Waals surface area contributed by atoms with E-state index in [1.807, 2.05) is 60.7 Å². The van der Waals surface area contributed by atoms with Crippen molar-refractivity contribution in [3.8, 4) is 56.0 Å². The highest BCUT2D eigenvalue weighted by Crippen LogP contribution is 2.51. The maximum atomic E-state index is 9.31. The number of para-hydroxylation sites is 1. The van der Waals surface area contributed by atoms with Gasteiger partial charge in [-0.1, -0.05) is 139 Å². The third kappa shape index (κ3) is 3.65. The Labute approximate surface area is 255 Å². The molecule has 1 heteroatoms. The van der Waals surface area contributed by atoms with Crippen LogP contribution in [-0.4, -0.2) is 0 Å². The number of hydrogen-bond acceptors (Lipinski definition) is 1. The van der Waals surface area contributed by atoms with Gasteiger partial charge in [0, 0.05) is 10.9 Å². The van der Waals surface area contributed by atoms with Crippen molar-refractivity contribution in [1.29, 1.82) is 0 Å². The second-order valence-electron chi connectivity index (χ2n) is 10.9. The molecule has 200 valence electrons. The van der Waals surface area contributed by atoms with Gasteiger partial charge in [0.05, 0.1) is 5.48 Å². The highest BCUT2D eigenvalue weighted by atomic mass is 16.5. The predicted octanol–water partition coefficient (Wildman–Crippen LogP) is 11.9. The summed E-state index contributed by atoms with van der Waals surface area (Å²) < 4.78 is 43.5. The first kappa shape index (κ1) is 20.3. The Morgan fingerprint density at radius 2 is 0.953 bits per heavy atom. The molecule has 0 bridgehead atoms. The zero-order valence-electron chi connectivity index (χ0n) is 27.1. The first-order valence-corrected chi connectivity index (χ1v) is 14.4. The summed E-state index contributed by atoms with van der Waals surface area (Å²) in [5, 5.41) is 4.30. The molecular formula is C42H26O. The van der Waals surface area contributed by atoms with Gasteiger partial charge in [0.25, 0.3) is 0 Å². The molecule has 0 aromatic heterocycles. The van der Waals surface area contributed by atoms with Crippen LogP contribution in [0.25, 0.3) is 76.8 Å². The maximum absolute atomic E-state index is 9.31. The van der Waals surface area contributed by atoms with Gasteiger partial charge < -0.3 is 4.74 Å². The van der Waals surface area contributed by atoms with Gasteiger partial charge in [-0.15, -0.1) is 0 Å². The van der Waals surface area contributed by atoms with E-state index in [-0.39, 0.29) is 24.2 Å². The van der Waals surface area contributed by atoms with E-state index in [0.717, 1.165) is 55.7 Å². The molecule has 8 aromatic carbocycles. The van der Waals surface area contributed by atoms with Gasteiger partial charge in [0.1, 0.15) is 11.5 Å². The highest BCUT2D eigenvalue weighted by molar-refractivity contribution is 6.24. The minimum Gasteiger partial charge on any atom is -0.456 e. The van der Waals surface area contributed by atoms with Crippen molar-refractivity contribution in [2.75, 3.05) is 0 Å². The summed E-state index contributed by atoms with van der Waals surface area (Å²) in [6.07, 6.45) is 0. The molecule has 1 aliphatic heterocycles. The van der Waals surface area contributed by atoms with E-state index in [2.05, 4.69) is 48.5 Å². The standard InChI is InChI=1S/C42H26O/c1-2-12-27(13-3-1)28-14-10-15-29(26-28)40-31-17-4-6-19-33(31)41(34-20-7-5-18-32(34)40)37-25-24-36-30-16-8-9-22-38(30)43-39-23-11-21-35(37)42(36)39/h1-26H/i17D,18D,19D,20D. The van der Waals surface area contributed by atoms with Gasteiger partial charge in [-0.3, -0.25) is 0 Å². The van der Waals surface area contributed by atoms with Gasteiger partial charge >= 0.3 is 0 Å². The molecule has 43 heavy (non-hydrogen) atoms. The topological polar surface area (TPSA) is 9.23 Å².